The maximum atomic E-state index is 13.7. The topological polar surface area (TPSA) is 78.5 Å². The van der Waals surface area contributed by atoms with Gasteiger partial charge in [-0.3, -0.25) is 14.0 Å². The largest absolute Gasteiger partial charge is 0.463 e. The number of carbonyl (C=O) groups excluding carboxylic acids is 1. The van der Waals surface area contributed by atoms with Gasteiger partial charge in [-0.2, -0.15) is 5.10 Å². The highest BCUT2D eigenvalue weighted by atomic mass is 35.5. The average Bonchev–Trinajstić information content (AvgIpc) is 3.23. The number of aromatic nitrogens is 3. The van der Waals surface area contributed by atoms with Crippen molar-refractivity contribution in [1.29, 1.82) is 0 Å². The molecule has 1 atom stereocenters. The lowest BCUT2D eigenvalue weighted by molar-refractivity contribution is -0.139. The van der Waals surface area contributed by atoms with E-state index in [0.29, 0.717) is 25.6 Å². The first kappa shape index (κ1) is 23.2. The highest BCUT2D eigenvalue weighted by molar-refractivity contribution is 7.07. The number of carbonyl (C=O) groups is 1. The number of hydrogen-bond acceptors (Lipinski definition) is 6. The summed E-state index contributed by atoms with van der Waals surface area (Å²) in [6.45, 7) is 10.5. The van der Waals surface area contributed by atoms with Gasteiger partial charge in [-0.1, -0.05) is 35.1 Å². The monoisotopic (exact) mass is 484 g/mol. The molecule has 4 rings (SSSR count). The molecule has 0 amide bonds. The smallest absolute Gasteiger partial charge is 0.338 e. The number of allylic oxidation sites excluding steroid dienone is 1. The molecule has 7 nitrogen and oxygen atoms in total. The van der Waals surface area contributed by atoms with Crippen LogP contribution in [0.15, 0.2) is 45.3 Å². The van der Waals surface area contributed by atoms with Crippen LogP contribution >= 0.6 is 22.9 Å². The zero-order valence-electron chi connectivity index (χ0n) is 19.2. The lowest BCUT2D eigenvalue weighted by Crippen LogP contribution is -2.39. The lowest BCUT2D eigenvalue weighted by Gasteiger charge is -2.24. The Morgan fingerprint density at radius 1 is 1.21 bits per heavy atom. The quantitative estimate of drug-likeness (QED) is 0.520. The molecule has 0 radical (unpaired) electrons. The van der Waals surface area contributed by atoms with Crippen molar-refractivity contribution in [2.75, 3.05) is 6.61 Å². The predicted octanol–water partition coefficient (Wildman–Crippen LogP) is 3.28. The third-order valence-corrected chi connectivity index (χ3v) is 6.95. The molecule has 33 heavy (non-hydrogen) atoms. The molecule has 0 spiro atoms. The molecule has 0 unspecified atom stereocenters. The first-order valence-corrected chi connectivity index (χ1v) is 11.9. The van der Waals surface area contributed by atoms with Crippen molar-refractivity contribution in [3.8, 4) is 0 Å². The van der Waals surface area contributed by atoms with Gasteiger partial charge < -0.3 is 4.74 Å². The van der Waals surface area contributed by atoms with Crippen LogP contribution in [0.5, 0.6) is 0 Å². The average molecular weight is 485 g/mol. The van der Waals surface area contributed by atoms with Gasteiger partial charge >= 0.3 is 5.97 Å². The predicted molar refractivity (Wildman–Crippen MR) is 129 cm³/mol. The van der Waals surface area contributed by atoms with Crippen LogP contribution in [0, 0.1) is 13.8 Å². The number of thiazole rings is 1. The number of benzene rings is 1. The van der Waals surface area contributed by atoms with Crippen molar-refractivity contribution >= 4 is 35.0 Å². The highest BCUT2D eigenvalue weighted by Gasteiger charge is 2.33. The molecular formula is C24H25ClN4O3S. The first-order chi connectivity index (χ1) is 15.8. The molecule has 3 aromatic rings. The molecule has 9 heteroatoms. The fourth-order valence-corrected chi connectivity index (χ4v) is 5.26. The van der Waals surface area contributed by atoms with E-state index in [2.05, 4.69) is 10.1 Å². The van der Waals surface area contributed by atoms with Crippen LogP contribution in [0.3, 0.4) is 0 Å². The van der Waals surface area contributed by atoms with Crippen molar-refractivity contribution < 1.29 is 9.53 Å². The molecule has 1 aliphatic heterocycles. The van der Waals surface area contributed by atoms with E-state index in [1.54, 1.807) is 30.5 Å². The standard InChI is InChI=1S/C24H25ClN4O3S/c1-6-28-15(5)18(13(3)27-28)12-19-22(30)29-21(16-8-10-17(25)11-9-16)20(23(31)32-7-2)14(4)26-24(29)33-19/h8-12,21H,6-7H2,1-5H3/b19-12-/t21-/m1/s1. The van der Waals surface area contributed by atoms with Crippen LogP contribution in [0.25, 0.3) is 6.08 Å². The van der Waals surface area contributed by atoms with Crippen molar-refractivity contribution in [2.24, 2.45) is 4.99 Å². The molecule has 1 aliphatic rings. The van der Waals surface area contributed by atoms with E-state index < -0.39 is 12.0 Å². The second kappa shape index (κ2) is 9.11. The van der Waals surface area contributed by atoms with E-state index in [0.717, 1.165) is 29.1 Å². The van der Waals surface area contributed by atoms with Gasteiger partial charge in [0.25, 0.3) is 5.56 Å². The summed E-state index contributed by atoms with van der Waals surface area (Å²) in [5.41, 5.74) is 4.21. The zero-order valence-corrected chi connectivity index (χ0v) is 20.8. The summed E-state index contributed by atoms with van der Waals surface area (Å²) in [5.74, 6) is -0.483. The molecule has 0 aliphatic carbocycles. The Hall–Kier alpha value is -2.97. The van der Waals surface area contributed by atoms with Crippen molar-refractivity contribution in [3.05, 3.63) is 82.8 Å². The Labute approximate surface area is 200 Å². The van der Waals surface area contributed by atoms with Crippen LogP contribution in [0.2, 0.25) is 5.02 Å². The second-order valence-corrected chi connectivity index (χ2v) is 9.20. The van der Waals surface area contributed by atoms with E-state index in [-0.39, 0.29) is 12.2 Å². The SMILES string of the molecule is CCOC(=O)C1=C(C)N=c2s/c(=C\c3c(C)nn(CC)c3C)c(=O)n2[C@@H]1c1ccc(Cl)cc1. The van der Waals surface area contributed by atoms with Gasteiger partial charge in [-0.05, 0) is 58.4 Å². The Bertz CT molecular complexity index is 1440. The fourth-order valence-electron chi connectivity index (χ4n) is 4.11. The van der Waals surface area contributed by atoms with Crippen molar-refractivity contribution in [3.63, 3.8) is 0 Å². The maximum absolute atomic E-state index is 13.7. The Kier molecular flexibility index (Phi) is 6.41. The summed E-state index contributed by atoms with van der Waals surface area (Å²) < 4.78 is 9.34. The van der Waals surface area contributed by atoms with Crippen LogP contribution in [-0.4, -0.2) is 26.9 Å². The van der Waals surface area contributed by atoms with E-state index in [1.165, 1.54) is 11.3 Å². The first-order valence-electron chi connectivity index (χ1n) is 10.8. The number of halogens is 1. The summed E-state index contributed by atoms with van der Waals surface area (Å²) in [7, 11) is 0. The number of ether oxygens (including phenoxy) is 1. The number of fused-ring (bicyclic) bond motifs is 1. The number of nitrogens with zero attached hydrogens (tertiary/aromatic N) is 4. The molecule has 0 saturated heterocycles. The molecule has 2 aromatic heterocycles. The highest BCUT2D eigenvalue weighted by Crippen LogP contribution is 2.31. The molecule has 172 valence electrons. The molecule has 0 saturated carbocycles. The zero-order chi connectivity index (χ0) is 23.9. The number of rotatable bonds is 5. The molecule has 0 fully saturated rings. The normalized spacial score (nSPS) is 16.1. The summed E-state index contributed by atoms with van der Waals surface area (Å²) in [4.78, 5) is 31.7. The van der Waals surface area contributed by atoms with Gasteiger partial charge in [-0.25, -0.2) is 9.79 Å². The Balaban J connectivity index is 1.97. The van der Waals surface area contributed by atoms with Gasteiger partial charge in [0.2, 0.25) is 0 Å². The number of esters is 1. The van der Waals surface area contributed by atoms with Crippen LogP contribution in [-0.2, 0) is 16.1 Å². The van der Waals surface area contributed by atoms with Gasteiger partial charge in [0.1, 0.15) is 0 Å². The van der Waals surface area contributed by atoms with E-state index in [9.17, 15) is 9.59 Å². The van der Waals surface area contributed by atoms with Crippen molar-refractivity contribution in [2.45, 2.75) is 47.2 Å². The third kappa shape index (κ3) is 4.09. The van der Waals surface area contributed by atoms with E-state index in [1.807, 2.05) is 43.7 Å². The molecule has 1 aromatic carbocycles. The number of hydrogen-bond donors (Lipinski definition) is 0. The molecular weight excluding hydrogens is 460 g/mol. The van der Waals surface area contributed by atoms with Gasteiger partial charge in [0, 0.05) is 22.8 Å². The number of aryl methyl sites for hydroxylation is 2. The molecule has 0 bridgehead atoms. The Morgan fingerprint density at radius 2 is 1.91 bits per heavy atom. The van der Waals surface area contributed by atoms with Crippen molar-refractivity contribution in [1.82, 2.24) is 14.3 Å². The summed E-state index contributed by atoms with van der Waals surface area (Å²) in [6, 6.07) is 6.48. The molecule has 3 heterocycles. The van der Waals surface area contributed by atoms with Crippen LogP contribution in [0.4, 0.5) is 0 Å². The Morgan fingerprint density at radius 3 is 2.52 bits per heavy atom. The minimum absolute atomic E-state index is 0.212. The van der Waals surface area contributed by atoms with Crippen LogP contribution < -0.4 is 14.9 Å². The maximum Gasteiger partial charge on any atom is 0.338 e. The van der Waals surface area contributed by atoms with Gasteiger partial charge in [0.15, 0.2) is 4.80 Å². The van der Waals surface area contributed by atoms with Crippen LogP contribution in [0.1, 0.15) is 49.3 Å². The summed E-state index contributed by atoms with van der Waals surface area (Å²) in [5, 5.41) is 5.12. The van der Waals surface area contributed by atoms with E-state index in [4.69, 9.17) is 16.3 Å². The fraction of sp³-hybridized carbons (Fsp3) is 0.333. The van der Waals surface area contributed by atoms with Gasteiger partial charge in [0.05, 0.1) is 34.1 Å². The second-order valence-electron chi connectivity index (χ2n) is 7.75. The minimum atomic E-state index is -0.653. The summed E-state index contributed by atoms with van der Waals surface area (Å²) in [6.07, 6.45) is 1.87. The van der Waals surface area contributed by atoms with E-state index >= 15 is 0 Å². The summed E-state index contributed by atoms with van der Waals surface area (Å²) >= 11 is 7.40. The molecule has 0 N–H and O–H groups in total. The lowest BCUT2D eigenvalue weighted by atomic mass is 9.96. The third-order valence-electron chi connectivity index (χ3n) is 5.72. The minimum Gasteiger partial charge on any atom is -0.463 e. The van der Waals surface area contributed by atoms with Gasteiger partial charge in [-0.15, -0.1) is 0 Å².